The smallest absolute Gasteiger partial charge is 0.338 e. The van der Waals surface area contributed by atoms with Gasteiger partial charge in [-0.1, -0.05) is 90.5 Å². The van der Waals surface area contributed by atoms with Crippen LogP contribution in [-0.4, -0.2) is 28.3 Å². The molecule has 0 saturated heterocycles. The molecule has 6 heteroatoms. The van der Waals surface area contributed by atoms with Gasteiger partial charge in [0.15, 0.2) is 0 Å². The quantitative estimate of drug-likeness (QED) is 0.320. The summed E-state index contributed by atoms with van der Waals surface area (Å²) >= 11 is 0. The average Bonchev–Trinajstić information content (AvgIpc) is 2.89. The minimum atomic E-state index is -0.469. The second-order valence-electron chi connectivity index (χ2n) is 8.73. The number of rotatable bonds is 7. The van der Waals surface area contributed by atoms with Crippen molar-refractivity contribution in [1.29, 1.82) is 5.26 Å². The van der Waals surface area contributed by atoms with E-state index in [9.17, 15) is 10.1 Å². The van der Waals surface area contributed by atoms with Gasteiger partial charge in [-0.05, 0) is 37.5 Å². The third-order valence-corrected chi connectivity index (χ3v) is 6.30. The third kappa shape index (κ3) is 5.31. The van der Waals surface area contributed by atoms with Crippen LogP contribution in [0.2, 0.25) is 0 Å². The second kappa shape index (κ2) is 11.4. The molecule has 3 aromatic rings. The number of benzene rings is 3. The molecule has 1 aliphatic rings. The van der Waals surface area contributed by atoms with Crippen LogP contribution in [0.25, 0.3) is 0 Å². The van der Waals surface area contributed by atoms with Crippen LogP contribution in [-0.2, 0) is 22.6 Å². The molecule has 1 aliphatic heterocycles. The number of nitriles is 1. The molecular weight excluding hydrogens is 448 g/mol. The summed E-state index contributed by atoms with van der Waals surface area (Å²) in [7, 11) is 0. The van der Waals surface area contributed by atoms with E-state index in [4.69, 9.17) is 4.74 Å². The summed E-state index contributed by atoms with van der Waals surface area (Å²) in [6.45, 7) is 6.94. The molecule has 36 heavy (non-hydrogen) atoms. The zero-order valence-corrected chi connectivity index (χ0v) is 20.9. The lowest BCUT2D eigenvalue weighted by Gasteiger charge is -2.45. The maximum absolute atomic E-state index is 13.5. The van der Waals surface area contributed by atoms with Gasteiger partial charge in [0.05, 0.1) is 24.8 Å². The molecule has 0 N–H and O–H groups in total. The van der Waals surface area contributed by atoms with Crippen molar-refractivity contribution < 1.29 is 9.53 Å². The minimum Gasteiger partial charge on any atom is -0.463 e. The summed E-state index contributed by atoms with van der Waals surface area (Å²) in [6.07, 6.45) is 2.01. The van der Waals surface area contributed by atoms with Crippen LogP contribution < -0.4 is 0 Å². The van der Waals surface area contributed by atoms with E-state index in [1.807, 2.05) is 122 Å². The van der Waals surface area contributed by atoms with Crippen molar-refractivity contribution in [3.05, 3.63) is 118 Å². The summed E-state index contributed by atoms with van der Waals surface area (Å²) in [5.74, 6) is 0.133. The van der Waals surface area contributed by atoms with Crippen molar-refractivity contribution in [3.63, 3.8) is 0 Å². The van der Waals surface area contributed by atoms with E-state index in [0.717, 1.165) is 28.0 Å². The van der Waals surface area contributed by atoms with E-state index in [2.05, 4.69) is 4.99 Å². The van der Waals surface area contributed by atoms with Crippen molar-refractivity contribution in [1.82, 2.24) is 9.80 Å². The van der Waals surface area contributed by atoms with Gasteiger partial charge in [0.1, 0.15) is 0 Å². The molecule has 0 fully saturated rings. The highest BCUT2D eigenvalue weighted by Crippen LogP contribution is 2.39. The van der Waals surface area contributed by atoms with Crippen LogP contribution in [0.4, 0.5) is 0 Å². The number of allylic oxidation sites excluding steroid dienone is 1. The van der Waals surface area contributed by atoms with Gasteiger partial charge in [-0.25, -0.2) is 4.79 Å². The van der Waals surface area contributed by atoms with E-state index in [-0.39, 0.29) is 12.6 Å². The lowest BCUT2D eigenvalue weighted by atomic mass is 9.91. The summed E-state index contributed by atoms with van der Waals surface area (Å²) in [6, 6.07) is 27.6. The molecule has 182 valence electrons. The van der Waals surface area contributed by atoms with E-state index >= 15 is 0 Å². The van der Waals surface area contributed by atoms with Crippen LogP contribution in [0, 0.1) is 18.4 Å². The first-order valence-corrected chi connectivity index (χ1v) is 12.1. The molecule has 0 aromatic heterocycles. The number of nitrogens with zero attached hydrogens (tertiary/aromatic N) is 4. The summed E-state index contributed by atoms with van der Waals surface area (Å²) in [4.78, 5) is 21.8. The molecule has 0 bridgehead atoms. The largest absolute Gasteiger partial charge is 0.463 e. The van der Waals surface area contributed by atoms with Crippen LogP contribution in [0.5, 0.6) is 0 Å². The first-order chi connectivity index (χ1) is 17.5. The predicted molar refractivity (Wildman–Crippen MR) is 140 cm³/mol. The van der Waals surface area contributed by atoms with Gasteiger partial charge < -0.3 is 14.5 Å². The fourth-order valence-electron chi connectivity index (χ4n) is 4.55. The summed E-state index contributed by atoms with van der Waals surface area (Å²) < 4.78 is 5.56. The Kier molecular flexibility index (Phi) is 7.82. The zero-order valence-electron chi connectivity index (χ0n) is 20.9. The number of carbonyl (C=O) groups is 1. The fourth-order valence-corrected chi connectivity index (χ4v) is 4.55. The number of ether oxygens (including phenoxy) is 1. The molecule has 1 unspecified atom stereocenters. The number of hydrogen-bond acceptors (Lipinski definition) is 4. The number of aryl methyl sites for hydroxylation is 1. The van der Waals surface area contributed by atoms with Gasteiger partial charge in [0.25, 0.3) is 0 Å². The minimum absolute atomic E-state index is 0.271. The normalized spacial score (nSPS) is 16.7. The summed E-state index contributed by atoms with van der Waals surface area (Å²) in [5, 5.41) is 9.73. The van der Waals surface area contributed by atoms with Crippen molar-refractivity contribution in [3.8, 4) is 6.19 Å². The Morgan fingerprint density at radius 3 is 2.06 bits per heavy atom. The highest BCUT2D eigenvalue weighted by atomic mass is 16.5. The summed E-state index contributed by atoms with van der Waals surface area (Å²) in [5.41, 5.74) is 5.41. The molecule has 3 aromatic carbocycles. The standard InChI is InChI=1S/C30H30N4O2/c1-4-36-29(35)27-23(3)33(19-24-11-7-5-8-12-24)30(32-21-31)34(20-25-13-9-6-10-14-25)28(27)26-17-15-22(2)16-18-26/h5-18,28H,4,19-20H2,1-3H3. The van der Waals surface area contributed by atoms with Gasteiger partial charge in [-0.3, -0.25) is 0 Å². The molecule has 0 radical (unpaired) electrons. The first kappa shape index (κ1) is 24.7. The van der Waals surface area contributed by atoms with E-state index in [0.29, 0.717) is 24.6 Å². The van der Waals surface area contributed by atoms with Crippen molar-refractivity contribution in [2.45, 2.75) is 39.9 Å². The van der Waals surface area contributed by atoms with E-state index < -0.39 is 6.04 Å². The SMILES string of the molecule is CCOC(=O)C1=C(C)N(Cc2ccccc2)C(=NC#N)N(Cc2ccccc2)C1c1ccc(C)cc1. The Morgan fingerprint density at radius 2 is 1.50 bits per heavy atom. The Balaban J connectivity index is 1.94. The van der Waals surface area contributed by atoms with Crippen LogP contribution in [0.1, 0.15) is 42.1 Å². The maximum atomic E-state index is 13.5. The van der Waals surface area contributed by atoms with Crippen LogP contribution in [0.3, 0.4) is 0 Å². The number of carbonyl (C=O) groups excluding carboxylic acids is 1. The second-order valence-corrected chi connectivity index (χ2v) is 8.73. The van der Waals surface area contributed by atoms with Crippen molar-refractivity contribution in [2.24, 2.45) is 4.99 Å². The average molecular weight is 479 g/mol. The van der Waals surface area contributed by atoms with Crippen molar-refractivity contribution >= 4 is 11.9 Å². The van der Waals surface area contributed by atoms with Crippen molar-refractivity contribution in [2.75, 3.05) is 6.61 Å². The molecule has 1 atom stereocenters. The van der Waals surface area contributed by atoms with Gasteiger partial charge in [-0.2, -0.15) is 5.26 Å². The topological polar surface area (TPSA) is 68.9 Å². The first-order valence-electron chi connectivity index (χ1n) is 12.1. The monoisotopic (exact) mass is 478 g/mol. The Labute approximate surface area is 212 Å². The number of hydrogen-bond donors (Lipinski definition) is 0. The zero-order chi connectivity index (χ0) is 25.5. The molecule has 0 saturated carbocycles. The third-order valence-electron chi connectivity index (χ3n) is 6.30. The molecule has 4 rings (SSSR count). The van der Waals surface area contributed by atoms with Gasteiger partial charge in [0.2, 0.25) is 12.2 Å². The van der Waals surface area contributed by atoms with Gasteiger partial charge in [-0.15, -0.1) is 4.99 Å². The molecule has 1 heterocycles. The van der Waals surface area contributed by atoms with Crippen LogP contribution >= 0.6 is 0 Å². The lowest BCUT2D eigenvalue weighted by Crippen LogP contribution is -2.51. The fraction of sp³-hybridized carbons (Fsp3) is 0.233. The molecular formula is C30H30N4O2. The lowest BCUT2D eigenvalue weighted by molar-refractivity contribution is -0.139. The Morgan fingerprint density at radius 1 is 0.917 bits per heavy atom. The number of guanidine groups is 1. The maximum Gasteiger partial charge on any atom is 0.338 e. The van der Waals surface area contributed by atoms with Crippen LogP contribution in [0.15, 0.2) is 101 Å². The molecule has 0 amide bonds. The van der Waals surface area contributed by atoms with Gasteiger partial charge >= 0.3 is 5.97 Å². The highest BCUT2D eigenvalue weighted by molar-refractivity contribution is 5.96. The van der Waals surface area contributed by atoms with Gasteiger partial charge in [0, 0.05) is 12.2 Å². The molecule has 6 nitrogen and oxygen atoms in total. The molecule has 0 aliphatic carbocycles. The predicted octanol–water partition coefficient (Wildman–Crippen LogP) is 5.73. The number of aliphatic imine (C=N–C) groups is 1. The Hall–Kier alpha value is -4.37. The van der Waals surface area contributed by atoms with E-state index in [1.165, 1.54) is 0 Å². The molecule has 0 spiro atoms. The van der Waals surface area contributed by atoms with E-state index in [1.54, 1.807) is 0 Å². The number of esters is 1. The highest BCUT2D eigenvalue weighted by Gasteiger charge is 2.41. The Bertz CT molecular complexity index is 1290.